The molecule has 0 spiro atoms. The largest absolute Gasteiger partial charge is 0.493 e. The molecule has 1 N–H and O–H groups in total. The minimum absolute atomic E-state index is 0.204. The van der Waals surface area contributed by atoms with Crippen LogP contribution in [0.1, 0.15) is 27.2 Å². The van der Waals surface area contributed by atoms with Gasteiger partial charge < -0.3 is 14.8 Å². The fraction of sp³-hybridized carbons (Fsp3) is 0.571. The molecule has 0 amide bonds. The Balaban J connectivity index is 2.79. The van der Waals surface area contributed by atoms with Gasteiger partial charge in [-0.2, -0.15) is 0 Å². The van der Waals surface area contributed by atoms with Crippen LogP contribution in [-0.4, -0.2) is 25.8 Å². The van der Waals surface area contributed by atoms with Crippen molar-refractivity contribution in [2.45, 2.75) is 32.8 Å². The highest BCUT2D eigenvalue weighted by Gasteiger charge is 2.24. The maximum atomic E-state index is 6.09. The molecule has 3 nitrogen and oxygen atoms in total. The molecule has 1 atom stereocenters. The minimum atomic E-state index is -0.204. The van der Waals surface area contributed by atoms with Crippen LogP contribution < -0.4 is 14.8 Å². The molecule has 0 fully saturated rings. The van der Waals surface area contributed by atoms with Gasteiger partial charge in [-0.25, -0.2) is 0 Å². The highest BCUT2D eigenvalue weighted by molar-refractivity contribution is 5.39. The SMILES string of the molecule is CCNCC(C)(CC)Oc1ccccc1OC. The lowest BCUT2D eigenvalue weighted by Crippen LogP contribution is -2.42. The molecule has 3 heteroatoms. The third-order valence-corrected chi connectivity index (χ3v) is 2.92. The molecular formula is C14H23NO2. The van der Waals surface area contributed by atoms with Crippen molar-refractivity contribution in [1.29, 1.82) is 0 Å². The van der Waals surface area contributed by atoms with Gasteiger partial charge in [0.15, 0.2) is 11.5 Å². The Morgan fingerprint density at radius 3 is 2.35 bits per heavy atom. The average Bonchev–Trinajstić information content (AvgIpc) is 2.37. The van der Waals surface area contributed by atoms with Gasteiger partial charge in [-0.1, -0.05) is 26.0 Å². The second-order valence-corrected chi connectivity index (χ2v) is 4.34. The van der Waals surface area contributed by atoms with Crippen molar-refractivity contribution in [3.8, 4) is 11.5 Å². The van der Waals surface area contributed by atoms with Gasteiger partial charge >= 0.3 is 0 Å². The molecule has 0 bridgehead atoms. The maximum absolute atomic E-state index is 6.09. The molecule has 0 saturated carbocycles. The molecular weight excluding hydrogens is 214 g/mol. The highest BCUT2D eigenvalue weighted by Crippen LogP contribution is 2.30. The zero-order valence-electron chi connectivity index (χ0n) is 11.2. The van der Waals surface area contributed by atoms with E-state index in [2.05, 4.69) is 26.1 Å². The Hall–Kier alpha value is -1.22. The molecule has 0 heterocycles. The lowest BCUT2D eigenvalue weighted by Gasteiger charge is -2.30. The monoisotopic (exact) mass is 237 g/mol. The molecule has 1 aromatic rings. The average molecular weight is 237 g/mol. The van der Waals surface area contributed by atoms with Crippen molar-refractivity contribution < 1.29 is 9.47 Å². The standard InChI is InChI=1S/C14H23NO2/c1-5-14(3,11-15-6-2)17-13-10-8-7-9-12(13)16-4/h7-10,15H,5-6,11H2,1-4H3. The lowest BCUT2D eigenvalue weighted by atomic mass is 10.0. The molecule has 1 rings (SSSR count). The van der Waals surface area contributed by atoms with Gasteiger partial charge in [0.2, 0.25) is 0 Å². The van der Waals surface area contributed by atoms with Crippen molar-refractivity contribution in [2.75, 3.05) is 20.2 Å². The van der Waals surface area contributed by atoms with Gasteiger partial charge in [-0.05, 0) is 32.0 Å². The van der Waals surface area contributed by atoms with E-state index in [9.17, 15) is 0 Å². The molecule has 1 aromatic carbocycles. The first-order chi connectivity index (χ1) is 8.15. The van der Waals surface area contributed by atoms with E-state index in [-0.39, 0.29) is 5.60 Å². The fourth-order valence-corrected chi connectivity index (χ4v) is 1.59. The summed E-state index contributed by atoms with van der Waals surface area (Å²) in [5.41, 5.74) is -0.204. The van der Waals surface area contributed by atoms with E-state index in [0.717, 1.165) is 31.0 Å². The Bertz CT molecular complexity index is 341. The van der Waals surface area contributed by atoms with Crippen LogP contribution in [0.4, 0.5) is 0 Å². The Morgan fingerprint density at radius 2 is 1.82 bits per heavy atom. The van der Waals surface area contributed by atoms with Crippen molar-refractivity contribution in [1.82, 2.24) is 5.32 Å². The quantitative estimate of drug-likeness (QED) is 0.791. The summed E-state index contributed by atoms with van der Waals surface area (Å²) in [4.78, 5) is 0. The van der Waals surface area contributed by atoms with E-state index < -0.39 is 0 Å². The molecule has 0 aliphatic heterocycles. The number of ether oxygens (including phenoxy) is 2. The van der Waals surface area contributed by atoms with Crippen LogP contribution in [0.3, 0.4) is 0 Å². The number of likely N-dealkylation sites (N-methyl/N-ethyl adjacent to an activating group) is 1. The van der Waals surface area contributed by atoms with Crippen LogP contribution in [0, 0.1) is 0 Å². The van der Waals surface area contributed by atoms with Crippen LogP contribution in [0.5, 0.6) is 11.5 Å². The molecule has 17 heavy (non-hydrogen) atoms. The maximum Gasteiger partial charge on any atom is 0.162 e. The van der Waals surface area contributed by atoms with Gasteiger partial charge in [0.1, 0.15) is 5.60 Å². The number of rotatable bonds is 7. The first-order valence-corrected chi connectivity index (χ1v) is 6.18. The molecule has 0 aliphatic carbocycles. The predicted octanol–water partition coefficient (Wildman–Crippen LogP) is 2.85. The van der Waals surface area contributed by atoms with Crippen LogP contribution in [-0.2, 0) is 0 Å². The van der Waals surface area contributed by atoms with E-state index in [0.29, 0.717) is 0 Å². The topological polar surface area (TPSA) is 30.5 Å². The van der Waals surface area contributed by atoms with Gasteiger partial charge in [-0.3, -0.25) is 0 Å². The normalized spacial score (nSPS) is 14.1. The second-order valence-electron chi connectivity index (χ2n) is 4.34. The summed E-state index contributed by atoms with van der Waals surface area (Å²) in [5.74, 6) is 1.58. The molecule has 0 saturated heterocycles. The summed E-state index contributed by atoms with van der Waals surface area (Å²) in [6.45, 7) is 8.12. The molecule has 96 valence electrons. The van der Waals surface area contributed by atoms with E-state index in [1.165, 1.54) is 0 Å². The first kappa shape index (κ1) is 13.8. The lowest BCUT2D eigenvalue weighted by molar-refractivity contribution is 0.0805. The predicted molar refractivity (Wildman–Crippen MR) is 70.9 cm³/mol. The number of nitrogens with one attached hydrogen (secondary N) is 1. The van der Waals surface area contributed by atoms with Crippen molar-refractivity contribution >= 4 is 0 Å². The zero-order chi connectivity index (χ0) is 12.7. The van der Waals surface area contributed by atoms with Crippen molar-refractivity contribution in [3.63, 3.8) is 0 Å². The summed E-state index contributed by atoms with van der Waals surface area (Å²) in [6, 6.07) is 7.76. The highest BCUT2D eigenvalue weighted by atomic mass is 16.5. The van der Waals surface area contributed by atoms with Gasteiger partial charge in [0.25, 0.3) is 0 Å². The number of benzene rings is 1. The summed E-state index contributed by atoms with van der Waals surface area (Å²) in [5, 5.41) is 3.33. The van der Waals surface area contributed by atoms with Crippen LogP contribution in [0.2, 0.25) is 0 Å². The first-order valence-electron chi connectivity index (χ1n) is 6.18. The van der Waals surface area contributed by atoms with E-state index in [1.807, 2.05) is 24.3 Å². The summed E-state index contributed by atoms with van der Waals surface area (Å²) in [6.07, 6.45) is 0.943. The van der Waals surface area contributed by atoms with Crippen LogP contribution in [0.25, 0.3) is 0 Å². The van der Waals surface area contributed by atoms with E-state index >= 15 is 0 Å². The molecule has 0 aromatic heterocycles. The molecule has 1 unspecified atom stereocenters. The summed E-state index contributed by atoms with van der Waals surface area (Å²) >= 11 is 0. The second kappa shape index (κ2) is 6.50. The van der Waals surface area contributed by atoms with E-state index in [4.69, 9.17) is 9.47 Å². The number of hydrogen-bond acceptors (Lipinski definition) is 3. The summed E-state index contributed by atoms with van der Waals surface area (Å²) < 4.78 is 11.4. The molecule has 0 aliphatic rings. The summed E-state index contributed by atoms with van der Waals surface area (Å²) in [7, 11) is 1.66. The van der Waals surface area contributed by atoms with Gasteiger partial charge in [0.05, 0.1) is 7.11 Å². The number of hydrogen-bond donors (Lipinski definition) is 1. The third-order valence-electron chi connectivity index (χ3n) is 2.92. The Labute approximate surface area is 104 Å². The third kappa shape index (κ3) is 3.93. The number of para-hydroxylation sites is 2. The van der Waals surface area contributed by atoms with Crippen molar-refractivity contribution in [2.24, 2.45) is 0 Å². The van der Waals surface area contributed by atoms with Gasteiger partial charge in [0, 0.05) is 6.54 Å². The Kier molecular flexibility index (Phi) is 5.29. The van der Waals surface area contributed by atoms with E-state index in [1.54, 1.807) is 7.11 Å². The fourth-order valence-electron chi connectivity index (χ4n) is 1.59. The van der Waals surface area contributed by atoms with Gasteiger partial charge in [-0.15, -0.1) is 0 Å². The van der Waals surface area contributed by atoms with Crippen LogP contribution >= 0.6 is 0 Å². The van der Waals surface area contributed by atoms with Crippen molar-refractivity contribution in [3.05, 3.63) is 24.3 Å². The Morgan fingerprint density at radius 1 is 1.18 bits per heavy atom. The zero-order valence-corrected chi connectivity index (χ0v) is 11.2. The number of methoxy groups -OCH3 is 1. The smallest absolute Gasteiger partial charge is 0.162 e. The minimum Gasteiger partial charge on any atom is -0.493 e. The molecule has 0 radical (unpaired) electrons. The van der Waals surface area contributed by atoms with Crippen LogP contribution in [0.15, 0.2) is 24.3 Å².